The van der Waals surface area contributed by atoms with Crippen LogP contribution in [0.1, 0.15) is 59.8 Å². The van der Waals surface area contributed by atoms with Gasteiger partial charge in [0.2, 0.25) is 4.77 Å². The van der Waals surface area contributed by atoms with Crippen molar-refractivity contribution >= 4 is 24.4 Å². The third-order valence-electron chi connectivity index (χ3n) is 4.11. The zero-order valence-electron chi connectivity index (χ0n) is 12.6. The fraction of sp³-hybridized carbons (Fsp3) is 0.375. The predicted molar refractivity (Wildman–Crippen MR) is 87.0 cm³/mol. The lowest BCUT2D eigenvalue weighted by Gasteiger charge is -2.19. The van der Waals surface area contributed by atoms with E-state index in [2.05, 4.69) is 15.3 Å². The smallest absolute Gasteiger partial charge is 0.216 e. The number of carboxylic acid groups (broad SMARTS) is 1. The Kier molecular flexibility index (Phi) is 4.66. The SMILES string of the molecule is O=C([O-])c1ccc(/C=N\n2c(C3CCCCC3)n[nH]c2=S)cc1. The summed E-state index contributed by atoms with van der Waals surface area (Å²) in [6.45, 7) is 0. The van der Waals surface area contributed by atoms with Crippen molar-refractivity contribution in [3.8, 4) is 0 Å². The molecule has 1 saturated carbocycles. The van der Waals surface area contributed by atoms with Gasteiger partial charge in [-0.1, -0.05) is 43.5 Å². The zero-order valence-corrected chi connectivity index (χ0v) is 13.4. The van der Waals surface area contributed by atoms with Gasteiger partial charge in [-0.3, -0.25) is 5.10 Å². The molecular weight excluding hydrogens is 312 g/mol. The minimum Gasteiger partial charge on any atom is -0.545 e. The van der Waals surface area contributed by atoms with Crippen LogP contribution in [0, 0.1) is 4.77 Å². The molecular formula is C16H17N4O2S-. The van der Waals surface area contributed by atoms with Crippen molar-refractivity contribution in [3.05, 3.63) is 46.0 Å². The Balaban J connectivity index is 1.83. The summed E-state index contributed by atoms with van der Waals surface area (Å²) in [5, 5.41) is 22.3. The standard InChI is InChI=1S/C16H18N4O2S/c21-15(22)13-8-6-11(7-9-13)10-17-20-14(18-19-16(20)23)12-4-2-1-3-5-12/h6-10,12H,1-5H2,(H,19,23)(H,21,22)/p-1/b17-10-. The molecule has 2 aromatic rings. The van der Waals surface area contributed by atoms with Gasteiger partial charge in [0.25, 0.3) is 0 Å². The molecule has 1 aliphatic rings. The van der Waals surface area contributed by atoms with E-state index in [0.29, 0.717) is 10.7 Å². The number of carboxylic acids is 1. The molecule has 120 valence electrons. The van der Waals surface area contributed by atoms with Crippen molar-refractivity contribution < 1.29 is 9.90 Å². The molecule has 1 N–H and O–H groups in total. The summed E-state index contributed by atoms with van der Waals surface area (Å²) in [4.78, 5) is 10.7. The highest BCUT2D eigenvalue weighted by Gasteiger charge is 2.21. The number of rotatable bonds is 4. The third kappa shape index (κ3) is 3.56. The average molecular weight is 329 g/mol. The average Bonchev–Trinajstić information content (AvgIpc) is 2.95. The molecule has 1 heterocycles. The van der Waals surface area contributed by atoms with Crippen molar-refractivity contribution in [2.75, 3.05) is 0 Å². The molecule has 0 aliphatic heterocycles. The topological polar surface area (TPSA) is 86.1 Å². The summed E-state index contributed by atoms with van der Waals surface area (Å²) in [6, 6.07) is 6.35. The zero-order chi connectivity index (χ0) is 16.2. The van der Waals surface area contributed by atoms with E-state index in [1.165, 1.54) is 31.4 Å². The summed E-state index contributed by atoms with van der Waals surface area (Å²) in [6.07, 6.45) is 7.55. The van der Waals surface area contributed by atoms with Gasteiger partial charge in [0.1, 0.15) is 0 Å². The second-order valence-electron chi connectivity index (χ2n) is 5.69. The van der Waals surface area contributed by atoms with Gasteiger partial charge < -0.3 is 9.90 Å². The van der Waals surface area contributed by atoms with Crippen LogP contribution in [-0.4, -0.2) is 27.1 Å². The molecule has 1 aliphatic carbocycles. The van der Waals surface area contributed by atoms with Crippen molar-refractivity contribution in [2.45, 2.75) is 38.0 Å². The maximum absolute atomic E-state index is 10.7. The van der Waals surface area contributed by atoms with Gasteiger partial charge in [-0.15, -0.1) is 0 Å². The lowest BCUT2D eigenvalue weighted by Crippen LogP contribution is -2.21. The van der Waals surface area contributed by atoms with E-state index in [0.717, 1.165) is 24.2 Å². The summed E-state index contributed by atoms with van der Waals surface area (Å²) >= 11 is 5.26. The van der Waals surface area contributed by atoms with Crippen LogP contribution in [0.15, 0.2) is 29.4 Å². The molecule has 0 unspecified atom stereocenters. The highest BCUT2D eigenvalue weighted by Crippen LogP contribution is 2.31. The first-order chi connectivity index (χ1) is 11.1. The Labute approximate surface area is 138 Å². The van der Waals surface area contributed by atoms with Crippen LogP contribution in [0.3, 0.4) is 0 Å². The Bertz CT molecular complexity index is 770. The fourth-order valence-corrected chi connectivity index (χ4v) is 3.06. The number of hydrogen-bond donors (Lipinski definition) is 1. The summed E-state index contributed by atoms with van der Waals surface area (Å²) in [5.74, 6) is 0.0664. The number of hydrogen-bond acceptors (Lipinski definition) is 5. The molecule has 1 aromatic carbocycles. The van der Waals surface area contributed by atoms with Gasteiger partial charge in [0.15, 0.2) is 5.82 Å². The van der Waals surface area contributed by atoms with Crippen molar-refractivity contribution in [3.63, 3.8) is 0 Å². The molecule has 0 radical (unpaired) electrons. The highest BCUT2D eigenvalue weighted by atomic mass is 32.1. The van der Waals surface area contributed by atoms with Crippen molar-refractivity contribution in [2.24, 2.45) is 5.10 Å². The molecule has 23 heavy (non-hydrogen) atoms. The Morgan fingerprint density at radius 3 is 2.65 bits per heavy atom. The Hall–Kier alpha value is -2.28. The monoisotopic (exact) mass is 329 g/mol. The van der Waals surface area contributed by atoms with E-state index in [1.807, 2.05) is 0 Å². The molecule has 1 fully saturated rings. The number of aromatic nitrogens is 3. The third-order valence-corrected chi connectivity index (χ3v) is 4.38. The lowest BCUT2D eigenvalue weighted by atomic mass is 9.89. The van der Waals surface area contributed by atoms with Crippen LogP contribution in [0.25, 0.3) is 0 Å². The minimum atomic E-state index is -1.19. The summed E-state index contributed by atoms with van der Waals surface area (Å²) in [7, 11) is 0. The molecule has 0 atom stereocenters. The molecule has 6 nitrogen and oxygen atoms in total. The molecule has 3 rings (SSSR count). The number of aromatic carboxylic acids is 1. The van der Waals surface area contributed by atoms with Crippen LogP contribution in [0.5, 0.6) is 0 Å². The number of nitrogens with zero attached hydrogens (tertiary/aromatic N) is 3. The van der Waals surface area contributed by atoms with Crippen LogP contribution in [-0.2, 0) is 0 Å². The van der Waals surface area contributed by atoms with Crippen LogP contribution >= 0.6 is 12.2 Å². The van der Waals surface area contributed by atoms with Gasteiger partial charge in [-0.2, -0.15) is 14.9 Å². The first-order valence-corrected chi connectivity index (χ1v) is 8.09. The second kappa shape index (κ2) is 6.87. The number of H-pyrrole nitrogens is 1. The lowest BCUT2D eigenvalue weighted by molar-refractivity contribution is -0.255. The van der Waals surface area contributed by atoms with E-state index in [4.69, 9.17) is 12.2 Å². The predicted octanol–water partition coefficient (Wildman–Crippen LogP) is 2.23. The molecule has 0 saturated heterocycles. The van der Waals surface area contributed by atoms with E-state index >= 15 is 0 Å². The van der Waals surface area contributed by atoms with Gasteiger partial charge in [-0.25, -0.2) is 0 Å². The van der Waals surface area contributed by atoms with Crippen molar-refractivity contribution in [1.29, 1.82) is 0 Å². The van der Waals surface area contributed by atoms with Crippen LogP contribution in [0.2, 0.25) is 0 Å². The quantitative estimate of drug-likeness (QED) is 0.688. The first kappa shape index (κ1) is 15.6. The number of carbonyl (C=O) groups excluding carboxylic acids is 1. The molecule has 1 aromatic heterocycles. The maximum Gasteiger partial charge on any atom is 0.216 e. The fourth-order valence-electron chi connectivity index (χ4n) is 2.87. The van der Waals surface area contributed by atoms with E-state index in [-0.39, 0.29) is 5.56 Å². The normalized spacial score (nSPS) is 16.0. The molecule has 0 amide bonds. The van der Waals surface area contributed by atoms with Gasteiger partial charge >= 0.3 is 0 Å². The maximum atomic E-state index is 10.7. The Morgan fingerprint density at radius 2 is 2.00 bits per heavy atom. The van der Waals surface area contributed by atoms with Crippen molar-refractivity contribution in [1.82, 2.24) is 14.9 Å². The molecule has 0 spiro atoms. The number of aromatic amines is 1. The van der Waals surface area contributed by atoms with Gasteiger partial charge in [0.05, 0.1) is 12.2 Å². The highest BCUT2D eigenvalue weighted by molar-refractivity contribution is 7.71. The minimum absolute atomic E-state index is 0.143. The van der Waals surface area contributed by atoms with Gasteiger partial charge in [0, 0.05) is 5.92 Å². The van der Waals surface area contributed by atoms with E-state index in [9.17, 15) is 9.90 Å². The number of nitrogens with one attached hydrogen (secondary N) is 1. The molecule has 0 bridgehead atoms. The number of carbonyl (C=O) groups is 1. The van der Waals surface area contributed by atoms with Crippen LogP contribution in [0.4, 0.5) is 0 Å². The van der Waals surface area contributed by atoms with Gasteiger partial charge in [-0.05, 0) is 36.2 Å². The van der Waals surface area contributed by atoms with Crippen LogP contribution < -0.4 is 5.11 Å². The summed E-state index contributed by atoms with van der Waals surface area (Å²) < 4.78 is 2.13. The van der Waals surface area contributed by atoms with E-state index < -0.39 is 5.97 Å². The summed E-state index contributed by atoms with van der Waals surface area (Å²) in [5.41, 5.74) is 0.928. The van der Waals surface area contributed by atoms with E-state index in [1.54, 1.807) is 23.0 Å². The number of benzene rings is 1. The largest absolute Gasteiger partial charge is 0.545 e. The second-order valence-corrected chi connectivity index (χ2v) is 6.07. The first-order valence-electron chi connectivity index (χ1n) is 7.68. The molecule has 7 heteroatoms. The Morgan fingerprint density at radius 1 is 1.30 bits per heavy atom.